The molecule has 0 aromatic heterocycles. The second-order valence-corrected chi connectivity index (χ2v) is 15.5. The third-order valence-electron chi connectivity index (χ3n) is 10.8. The van der Waals surface area contributed by atoms with E-state index in [9.17, 15) is 0 Å². The van der Waals surface area contributed by atoms with E-state index >= 15 is 0 Å². The molecule has 6 saturated carbocycles. The molecule has 6 fully saturated rings. The van der Waals surface area contributed by atoms with E-state index in [-0.39, 0.29) is 7.92 Å². The molecule has 0 aliphatic heterocycles. The van der Waals surface area contributed by atoms with Crippen molar-refractivity contribution in [3.63, 3.8) is 0 Å². The molecule has 152 valence electrons. The number of fused-ring (bicyclic) bond motifs is 4. The molecular weight excluding hydrogens is 343 g/mol. The summed E-state index contributed by atoms with van der Waals surface area (Å²) < 4.78 is 0. The van der Waals surface area contributed by atoms with E-state index in [2.05, 4.69) is 6.92 Å². The molecule has 8 atom stereocenters. The lowest BCUT2D eigenvalue weighted by molar-refractivity contribution is 0.250. The molecule has 6 aliphatic rings. The highest BCUT2D eigenvalue weighted by Crippen LogP contribution is 2.79. The van der Waals surface area contributed by atoms with Gasteiger partial charge in [-0.2, -0.15) is 0 Å². The summed E-state index contributed by atoms with van der Waals surface area (Å²) in [5.74, 6) is 6.91. The molecule has 0 heterocycles. The van der Waals surface area contributed by atoms with Gasteiger partial charge in [0.1, 0.15) is 0 Å². The van der Waals surface area contributed by atoms with Crippen molar-refractivity contribution in [2.45, 2.75) is 120 Å². The lowest BCUT2D eigenvalue weighted by Gasteiger charge is -2.55. The van der Waals surface area contributed by atoms with E-state index in [1.165, 1.54) is 6.42 Å². The summed E-state index contributed by atoms with van der Waals surface area (Å²) in [6.07, 6.45) is 27.7. The summed E-state index contributed by atoms with van der Waals surface area (Å²) in [4.78, 5) is 0. The van der Waals surface area contributed by atoms with Gasteiger partial charge in [0, 0.05) is 0 Å². The molecule has 0 radical (unpaired) electrons. The third kappa shape index (κ3) is 2.85. The van der Waals surface area contributed by atoms with Gasteiger partial charge in [0.15, 0.2) is 0 Å². The summed E-state index contributed by atoms with van der Waals surface area (Å²) in [5.41, 5.74) is 0. The first-order chi connectivity index (χ1) is 13.2. The molecule has 0 N–H and O–H groups in total. The van der Waals surface area contributed by atoms with Gasteiger partial charge in [0.2, 0.25) is 0 Å². The zero-order valence-electron chi connectivity index (χ0n) is 17.9. The van der Waals surface area contributed by atoms with E-state index in [0.29, 0.717) is 0 Å². The molecule has 0 nitrogen and oxygen atoms in total. The smallest absolute Gasteiger partial charge is 0.00813 e. The molecule has 27 heavy (non-hydrogen) atoms. The van der Waals surface area contributed by atoms with E-state index in [1.54, 1.807) is 102 Å². The van der Waals surface area contributed by atoms with Gasteiger partial charge < -0.3 is 0 Å². The Morgan fingerprint density at radius 2 is 1.19 bits per heavy atom. The SMILES string of the molecule is CCCCP(C12CC3CCCC(C1)C(C3)C2)C12CC3CCCC(C1)C(C3)C2. The minimum absolute atomic E-state index is 0.262. The zero-order chi connectivity index (χ0) is 18.1. The maximum absolute atomic E-state index is 2.46. The molecule has 6 bridgehead atoms. The van der Waals surface area contributed by atoms with Gasteiger partial charge in [0.25, 0.3) is 0 Å². The second kappa shape index (κ2) is 6.72. The van der Waals surface area contributed by atoms with Crippen molar-refractivity contribution in [1.29, 1.82) is 0 Å². The topological polar surface area (TPSA) is 0 Å². The van der Waals surface area contributed by atoms with E-state index in [0.717, 1.165) is 45.8 Å². The van der Waals surface area contributed by atoms with Crippen molar-refractivity contribution in [3.05, 3.63) is 0 Å². The summed E-state index contributed by atoms with van der Waals surface area (Å²) in [7, 11) is 0.262. The molecule has 0 amide bonds. The van der Waals surface area contributed by atoms with Gasteiger partial charge >= 0.3 is 0 Å². The molecule has 6 rings (SSSR count). The van der Waals surface area contributed by atoms with E-state index in [4.69, 9.17) is 0 Å². The highest BCUT2D eigenvalue weighted by molar-refractivity contribution is 7.61. The highest BCUT2D eigenvalue weighted by Gasteiger charge is 2.62. The number of rotatable bonds is 5. The Hall–Kier alpha value is 0.430. The predicted molar refractivity (Wildman–Crippen MR) is 118 cm³/mol. The zero-order valence-corrected chi connectivity index (χ0v) is 18.8. The fourth-order valence-corrected chi connectivity index (χ4v) is 15.5. The Kier molecular flexibility index (Phi) is 4.53. The number of unbranched alkanes of at least 4 members (excludes halogenated alkanes) is 1. The first-order valence-electron chi connectivity index (χ1n) is 13.0. The summed E-state index contributed by atoms with van der Waals surface area (Å²) >= 11 is 0. The minimum Gasteiger partial charge on any atom is -0.0939 e. The normalized spacial score (nSPS) is 54.1. The lowest BCUT2D eigenvalue weighted by Crippen LogP contribution is -2.42. The van der Waals surface area contributed by atoms with Gasteiger partial charge in [-0.15, -0.1) is 0 Å². The second-order valence-electron chi connectivity index (χ2n) is 12.3. The Labute approximate surface area is 169 Å². The van der Waals surface area contributed by atoms with Gasteiger partial charge in [-0.05, 0) is 110 Å². The number of hydrogen-bond donors (Lipinski definition) is 0. The Morgan fingerprint density at radius 1 is 0.667 bits per heavy atom. The van der Waals surface area contributed by atoms with Gasteiger partial charge in [-0.3, -0.25) is 0 Å². The van der Waals surface area contributed by atoms with Gasteiger partial charge in [0.05, 0.1) is 0 Å². The van der Waals surface area contributed by atoms with Crippen LogP contribution in [-0.4, -0.2) is 16.5 Å². The van der Waals surface area contributed by atoms with Crippen LogP contribution in [0.5, 0.6) is 0 Å². The van der Waals surface area contributed by atoms with Crippen molar-refractivity contribution in [2.75, 3.05) is 6.16 Å². The van der Waals surface area contributed by atoms with Crippen molar-refractivity contribution in [1.82, 2.24) is 0 Å². The molecule has 0 aromatic rings. The van der Waals surface area contributed by atoms with Crippen LogP contribution in [0.2, 0.25) is 0 Å². The molecule has 6 aliphatic carbocycles. The third-order valence-corrected chi connectivity index (χ3v) is 14.9. The molecule has 8 unspecified atom stereocenters. The van der Waals surface area contributed by atoms with Crippen LogP contribution >= 0.6 is 7.92 Å². The fraction of sp³-hybridized carbons (Fsp3) is 1.00. The van der Waals surface area contributed by atoms with Crippen molar-refractivity contribution in [2.24, 2.45) is 35.5 Å². The van der Waals surface area contributed by atoms with Crippen molar-refractivity contribution < 1.29 is 0 Å². The molecule has 0 spiro atoms. The quantitative estimate of drug-likeness (QED) is 0.420. The summed E-state index contributed by atoms with van der Waals surface area (Å²) in [5, 5.41) is 1.73. The average molecular weight is 387 g/mol. The predicted octanol–water partition coefficient (Wildman–Crippen LogP) is 7.99. The summed E-state index contributed by atoms with van der Waals surface area (Å²) in [6.45, 7) is 2.46. The maximum atomic E-state index is 2.46. The van der Waals surface area contributed by atoms with Crippen LogP contribution < -0.4 is 0 Å². The average Bonchev–Trinajstić information content (AvgIpc) is 2.91. The standard InChI is InChI=1S/C26H43P/c1-2-3-10-27(25-13-19-6-4-8-21(15-25)23(11-19)17-25)26-14-20-7-5-9-22(16-26)24(12-20)18-26/h19-24H,2-18H2,1H3. The van der Waals surface area contributed by atoms with Crippen molar-refractivity contribution in [3.8, 4) is 0 Å². The Bertz CT molecular complexity index is 517. The van der Waals surface area contributed by atoms with Crippen LogP contribution in [0, 0.1) is 35.5 Å². The van der Waals surface area contributed by atoms with Crippen LogP contribution in [0.1, 0.15) is 110 Å². The molecule has 0 aromatic carbocycles. The fourth-order valence-electron chi connectivity index (χ4n) is 10.2. The van der Waals surface area contributed by atoms with Crippen LogP contribution in [0.4, 0.5) is 0 Å². The summed E-state index contributed by atoms with van der Waals surface area (Å²) in [6, 6.07) is 0. The van der Waals surface area contributed by atoms with E-state index in [1.807, 2.05) is 0 Å². The van der Waals surface area contributed by atoms with Crippen LogP contribution in [0.25, 0.3) is 0 Å². The van der Waals surface area contributed by atoms with E-state index < -0.39 is 0 Å². The highest BCUT2D eigenvalue weighted by atomic mass is 31.1. The lowest BCUT2D eigenvalue weighted by atomic mass is 9.78. The first-order valence-corrected chi connectivity index (χ1v) is 14.5. The first kappa shape index (κ1) is 18.2. The molecular formula is C26H43P. The van der Waals surface area contributed by atoms with Crippen LogP contribution in [0.3, 0.4) is 0 Å². The maximum Gasteiger partial charge on any atom is -0.00813 e. The minimum atomic E-state index is 0.262. The Balaban J connectivity index is 1.37. The number of hydrogen-bond acceptors (Lipinski definition) is 0. The molecule has 0 saturated heterocycles. The largest absolute Gasteiger partial charge is 0.0939 e. The van der Waals surface area contributed by atoms with Crippen LogP contribution in [0.15, 0.2) is 0 Å². The van der Waals surface area contributed by atoms with Gasteiger partial charge in [-0.1, -0.05) is 59.8 Å². The van der Waals surface area contributed by atoms with Gasteiger partial charge in [-0.25, -0.2) is 0 Å². The van der Waals surface area contributed by atoms with Crippen LogP contribution in [-0.2, 0) is 0 Å². The monoisotopic (exact) mass is 386 g/mol. The molecule has 1 heteroatoms. The Morgan fingerprint density at radius 3 is 1.70 bits per heavy atom. The van der Waals surface area contributed by atoms with Crippen molar-refractivity contribution >= 4 is 7.92 Å².